The van der Waals surface area contributed by atoms with Gasteiger partial charge in [0.05, 0.1) is 26.4 Å². The third kappa shape index (κ3) is 79.3. The second-order valence-electron chi connectivity index (χ2n) is 25.7. The number of esters is 3. The second-order valence-corrected chi connectivity index (χ2v) is 28.6. The van der Waals surface area contributed by atoms with E-state index in [9.17, 15) is 43.5 Å². The molecule has 0 amide bonds. The van der Waals surface area contributed by atoms with Crippen LogP contribution >= 0.6 is 15.6 Å². The fourth-order valence-corrected chi connectivity index (χ4v) is 11.5. The van der Waals surface area contributed by atoms with Crippen LogP contribution in [-0.4, -0.2) is 95.9 Å². The van der Waals surface area contributed by atoms with Gasteiger partial charge in [-0.2, -0.15) is 0 Å². The van der Waals surface area contributed by atoms with E-state index in [1.165, 1.54) is 57.8 Å². The molecule has 0 radical (unpaired) electrons. The Hall–Kier alpha value is -5.61. The SMILES string of the molecule is CC/C=C\C/C=C\C/C=C\C/C=C\C/C=C\C/C=C\CCC(=O)OC(COC(=O)CCCCCCC/C=C\C/C=C\C/C=C\C/C=C\C/C=C\CC)COP(=O)(O)OCC(O)COP(=O)(O)OCC(O)COC(=O)CCCCCCCCCCCCCCC/C=C\C/C=C\C/C=C\C/C=C\C/C=C\CC. The minimum Gasteiger partial charge on any atom is -0.463 e. The molecule has 5 atom stereocenters. The largest absolute Gasteiger partial charge is 0.472 e. The van der Waals surface area contributed by atoms with Gasteiger partial charge in [0.15, 0.2) is 6.10 Å². The van der Waals surface area contributed by atoms with Crippen LogP contribution in [0.2, 0.25) is 0 Å². The molecule has 18 heteroatoms. The van der Waals surface area contributed by atoms with Gasteiger partial charge < -0.3 is 34.2 Å². The standard InChI is InChI=1S/C87H140O16P2/c1-4-7-10-13-16-19-22-25-28-31-34-36-37-38-39-40-41-42-43-45-48-49-52-55-58-61-64-67-70-73-85(90)97-76-82(88)77-99-104(93,94)100-78-83(89)79-101-105(95,96)102-81-84(103-87(92)75-72-69-66-63-60-57-54-51-46-33-30-27-24-21-18-15-12-9-6-3)80-98-86(91)74-71-68-65-62-59-56-53-50-47-44-35-32-29-26-23-20-17-14-11-8-5-2/h7-12,16-21,25-30,34-36,38-39,44,46,50-51,53,57,60,66,69,82-84,88-89H,4-6,13-15,22-24,31-33,37,40-43,45,47-49,52,54-56,58-59,61-65,67-68,70-81H2,1-3H3,(H,93,94)(H,95,96)/b10-7-,11-8-,12-9-,19-16-,20-17-,21-18-,28-25-,29-26-,30-27-,36-34-,39-38-,44-35-,51-46-,53-50-,60-57-,69-66-. The smallest absolute Gasteiger partial charge is 0.463 e. The number of ether oxygens (including phenoxy) is 3. The van der Waals surface area contributed by atoms with Crippen molar-refractivity contribution in [2.75, 3.05) is 39.6 Å². The molecular formula is C87H140O16P2. The number of rotatable bonds is 73. The zero-order chi connectivity index (χ0) is 76.6. The first-order valence-electron chi connectivity index (χ1n) is 39.7. The molecule has 0 spiro atoms. The van der Waals surface area contributed by atoms with E-state index in [4.69, 9.17) is 32.3 Å². The van der Waals surface area contributed by atoms with Crippen LogP contribution in [0.1, 0.15) is 278 Å². The molecule has 0 aromatic heterocycles. The lowest BCUT2D eigenvalue weighted by Gasteiger charge is -2.21. The van der Waals surface area contributed by atoms with Gasteiger partial charge in [-0.1, -0.05) is 305 Å². The number of phosphoric acid groups is 2. The van der Waals surface area contributed by atoms with Gasteiger partial charge in [0, 0.05) is 19.3 Å². The van der Waals surface area contributed by atoms with E-state index in [0.29, 0.717) is 25.7 Å². The number of carbonyl (C=O) groups excluding carboxylic acids is 3. The Morgan fingerprint density at radius 3 is 0.790 bits per heavy atom. The van der Waals surface area contributed by atoms with Crippen LogP contribution in [0.3, 0.4) is 0 Å². The number of carbonyl (C=O) groups is 3. The Balaban J connectivity index is 4.67. The van der Waals surface area contributed by atoms with Crippen LogP contribution in [0.25, 0.3) is 0 Å². The summed E-state index contributed by atoms with van der Waals surface area (Å²) in [6, 6.07) is 0. The molecule has 5 unspecified atom stereocenters. The molecule has 0 heterocycles. The predicted octanol–water partition coefficient (Wildman–Crippen LogP) is 23.5. The summed E-state index contributed by atoms with van der Waals surface area (Å²) in [6.45, 7) is 2.21. The highest BCUT2D eigenvalue weighted by molar-refractivity contribution is 7.47. The third-order valence-corrected chi connectivity index (χ3v) is 17.7. The minimum absolute atomic E-state index is 0.0329. The van der Waals surface area contributed by atoms with Crippen molar-refractivity contribution in [3.05, 3.63) is 194 Å². The summed E-state index contributed by atoms with van der Waals surface area (Å²) >= 11 is 0. The van der Waals surface area contributed by atoms with Gasteiger partial charge in [0.2, 0.25) is 0 Å². The topological polar surface area (TPSA) is 231 Å². The predicted molar refractivity (Wildman–Crippen MR) is 435 cm³/mol. The number of hydrogen-bond donors (Lipinski definition) is 4. The Morgan fingerprint density at radius 1 is 0.267 bits per heavy atom. The van der Waals surface area contributed by atoms with Gasteiger partial charge in [-0.3, -0.25) is 32.5 Å². The van der Waals surface area contributed by atoms with Crippen LogP contribution in [0.5, 0.6) is 0 Å². The van der Waals surface area contributed by atoms with Gasteiger partial charge in [-0.05, 0) is 148 Å². The van der Waals surface area contributed by atoms with Gasteiger partial charge in [-0.15, -0.1) is 0 Å². The van der Waals surface area contributed by atoms with E-state index in [-0.39, 0.29) is 19.3 Å². The summed E-state index contributed by atoms with van der Waals surface area (Å²) in [5.41, 5.74) is 0. The molecular weight excluding hydrogens is 1360 g/mol. The van der Waals surface area contributed by atoms with Crippen LogP contribution in [-0.2, 0) is 55.8 Å². The normalized spacial score (nSPS) is 15.0. The molecule has 0 aliphatic carbocycles. The van der Waals surface area contributed by atoms with Crippen molar-refractivity contribution in [3.63, 3.8) is 0 Å². The number of unbranched alkanes of at least 4 members (excludes halogenated alkanes) is 18. The quantitative estimate of drug-likeness (QED) is 0.0146. The van der Waals surface area contributed by atoms with Crippen molar-refractivity contribution in [3.8, 4) is 0 Å². The fourth-order valence-electron chi connectivity index (χ4n) is 9.89. The van der Waals surface area contributed by atoms with Crippen molar-refractivity contribution in [2.45, 2.75) is 296 Å². The average Bonchev–Trinajstić information content (AvgIpc) is 0.940. The third-order valence-electron chi connectivity index (χ3n) is 15.8. The molecule has 105 heavy (non-hydrogen) atoms. The monoisotopic (exact) mass is 1500 g/mol. The van der Waals surface area contributed by atoms with Crippen molar-refractivity contribution in [1.82, 2.24) is 0 Å². The maximum Gasteiger partial charge on any atom is 0.472 e. The molecule has 0 aromatic rings. The van der Waals surface area contributed by atoms with Crippen LogP contribution in [0.15, 0.2) is 194 Å². The molecule has 0 saturated carbocycles. The molecule has 0 saturated heterocycles. The number of aliphatic hydroxyl groups excluding tert-OH is 2. The highest BCUT2D eigenvalue weighted by Crippen LogP contribution is 2.45. The first kappa shape index (κ1) is 99.4. The van der Waals surface area contributed by atoms with E-state index in [1.807, 2.05) is 18.2 Å². The van der Waals surface area contributed by atoms with E-state index in [2.05, 4.69) is 197 Å². The lowest BCUT2D eigenvalue weighted by Crippen LogP contribution is -2.29. The number of aliphatic hydroxyl groups is 2. The van der Waals surface area contributed by atoms with Crippen LogP contribution in [0.4, 0.5) is 0 Å². The molecule has 0 aliphatic rings. The van der Waals surface area contributed by atoms with Crippen molar-refractivity contribution in [2.24, 2.45) is 0 Å². The zero-order valence-corrected chi connectivity index (χ0v) is 66.6. The summed E-state index contributed by atoms with van der Waals surface area (Å²) in [5.74, 6) is -1.71. The highest BCUT2D eigenvalue weighted by atomic mass is 31.2. The maximum absolute atomic E-state index is 13.0. The molecule has 0 rings (SSSR count). The van der Waals surface area contributed by atoms with Gasteiger partial charge in [-0.25, -0.2) is 9.13 Å². The molecule has 0 fully saturated rings. The van der Waals surface area contributed by atoms with Crippen molar-refractivity contribution in [1.29, 1.82) is 0 Å². The molecule has 0 aliphatic heterocycles. The lowest BCUT2D eigenvalue weighted by atomic mass is 10.0. The van der Waals surface area contributed by atoms with E-state index in [1.54, 1.807) is 0 Å². The summed E-state index contributed by atoms with van der Waals surface area (Å²) in [5, 5.41) is 20.7. The second kappa shape index (κ2) is 78.0. The van der Waals surface area contributed by atoms with Crippen LogP contribution < -0.4 is 0 Å². The Labute approximate surface area is 636 Å². The van der Waals surface area contributed by atoms with Gasteiger partial charge >= 0.3 is 33.6 Å². The van der Waals surface area contributed by atoms with Crippen LogP contribution in [0, 0.1) is 0 Å². The number of hydrogen-bond acceptors (Lipinski definition) is 14. The summed E-state index contributed by atoms with van der Waals surface area (Å²) in [4.78, 5) is 58.7. The summed E-state index contributed by atoms with van der Waals surface area (Å²) < 4.78 is 61.1. The van der Waals surface area contributed by atoms with Crippen molar-refractivity contribution >= 4 is 33.6 Å². The van der Waals surface area contributed by atoms with Gasteiger partial charge in [0.25, 0.3) is 0 Å². The van der Waals surface area contributed by atoms with Crippen molar-refractivity contribution < 1.29 is 75.8 Å². The number of allylic oxidation sites excluding steroid dienone is 32. The molecule has 4 N–H and O–H groups in total. The average molecular weight is 1500 g/mol. The highest BCUT2D eigenvalue weighted by Gasteiger charge is 2.29. The molecule has 0 aromatic carbocycles. The fraction of sp³-hybridized carbons (Fsp3) is 0.598. The Bertz CT molecular complexity index is 2690. The summed E-state index contributed by atoms with van der Waals surface area (Å²) in [7, 11) is -9.84. The Morgan fingerprint density at radius 2 is 0.495 bits per heavy atom. The molecule has 0 bridgehead atoms. The maximum atomic E-state index is 13.0. The van der Waals surface area contributed by atoms with E-state index in [0.717, 1.165) is 154 Å². The van der Waals surface area contributed by atoms with Gasteiger partial charge in [0.1, 0.15) is 25.4 Å². The Kier molecular flexibility index (Phi) is 73.8. The van der Waals surface area contributed by atoms with E-state index >= 15 is 0 Å². The first-order chi connectivity index (χ1) is 51.2. The van der Waals surface area contributed by atoms with E-state index < -0.39 is 91.5 Å². The number of phosphoric ester groups is 2. The lowest BCUT2D eigenvalue weighted by molar-refractivity contribution is -0.161. The molecule has 594 valence electrons. The minimum atomic E-state index is -4.97. The zero-order valence-electron chi connectivity index (χ0n) is 64.8. The first-order valence-corrected chi connectivity index (χ1v) is 42.7. The summed E-state index contributed by atoms with van der Waals surface area (Å²) in [6.07, 6.45) is 102. The molecule has 16 nitrogen and oxygen atoms in total.